The molecule has 0 bridgehead atoms. The molecule has 248 valence electrons. The minimum absolute atomic E-state index is 0.0348. The number of nitrogens with two attached hydrogens (primary N) is 3. The predicted octanol–water partition coefficient (Wildman–Crippen LogP) is -3.11. The van der Waals surface area contributed by atoms with E-state index in [4.69, 9.17) is 17.2 Å². The largest absolute Gasteiger partial charge is 0.481 e. The predicted molar refractivity (Wildman–Crippen MR) is 169 cm³/mol. The van der Waals surface area contributed by atoms with Crippen LogP contribution in [-0.2, 0) is 33.6 Å². The Kier molecular flexibility index (Phi) is 15.6. The first-order valence-corrected chi connectivity index (χ1v) is 16.2. The molecule has 11 N–H and O–H groups in total. The van der Waals surface area contributed by atoms with Crippen LogP contribution in [0.4, 0.5) is 0 Å². The van der Waals surface area contributed by atoms with Crippen molar-refractivity contribution in [2.24, 2.45) is 22.2 Å². The number of amides is 6. The third kappa shape index (κ3) is 12.7. The van der Waals surface area contributed by atoms with E-state index in [2.05, 4.69) is 38.9 Å². The van der Waals surface area contributed by atoms with Gasteiger partial charge in [0.25, 0.3) is 0 Å². The first-order chi connectivity index (χ1) is 20.4. The highest BCUT2D eigenvalue weighted by Crippen LogP contribution is 2.38. The SMILES string of the molecule is CC(S)C(=O)N[C@H]1CSSC(C)(C)[C@H](C(N)=O)NC(=O)[C@H](CC(=O)O)NC(=O)CNC(=O)[C@H](CCCN=C(N)N)N(C)C1=O. The number of carbonyl (C=O) groups excluding carboxylic acids is 6. The smallest absolute Gasteiger partial charge is 0.305 e. The van der Waals surface area contributed by atoms with Gasteiger partial charge in [-0.1, -0.05) is 21.6 Å². The fourth-order valence-electron chi connectivity index (χ4n) is 3.91. The Bertz CT molecular complexity index is 1130. The summed E-state index contributed by atoms with van der Waals surface area (Å²) in [6.45, 7) is 4.15. The van der Waals surface area contributed by atoms with Gasteiger partial charge in [0.2, 0.25) is 35.4 Å². The topological polar surface area (TPSA) is 282 Å². The third-order valence-corrected chi connectivity index (χ3v) is 9.81. The first kappa shape index (κ1) is 38.6. The number of aliphatic imine (C=N–C) groups is 1. The number of primary amides is 1. The Morgan fingerprint density at radius 1 is 1.16 bits per heavy atom. The maximum atomic E-state index is 13.7. The Balaban J connectivity index is 3.52. The van der Waals surface area contributed by atoms with Crippen LogP contribution in [0.25, 0.3) is 0 Å². The fraction of sp³-hybridized carbons (Fsp3) is 0.667. The molecule has 1 fully saturated rings. The second-order valence-electron chi connectivity index (χ2n) is 10.4. The highest BCUT2D eigenvalue weighted by atomic mass is 33.1. The average Bonchev–Trinajstić information content (AvgIpc) is 2.91. The lowest BCUT2D eigenvalue weighted by molar-refractivity contribution is -0.142. The molecule has 1 saturated heterocycles. The summed E-state index contributed by atoms with van der Waals surface area (Å²) in [6, 6.07) is -5.23. The van der Waals surface area contributed by atoms with E-state index in [0.717, 1.165) is 26.5 Å². The summed E-state index contributed by atoms with van der Waals surface area (Å²) in [5, 5.41) is 18.2. The molecule has 1 unspecified atom stereocenters. The molecule has 0 saturated carbocycles. The summed E-state index contributed by atoms with van der Waals surface area (Å²) in [6.07, 6.45) is -0.497. The van der Waals surface area contributed by atoms with Gasteiger partial charge in [-0.3, -0.25) is 38.6 Å². The number of guanidine groups is 1. The molecule has 20 heteroatoms. The van der Waals surface area contributed by atoms with Gasteiger partial charge in [0.05, 0.1) is 18.2 Å². The molecule has 0 aromatic rings. The van der Waals surface area contributed by atoms with E-state index < -0.39 is 88.5 Å². The molecule has 0 radical (unpaired) electrons. The van der Waals surface area contributed by atoms with E-state index in [1.165, 1.54) is 14.0 Å². The van der Waals surface area contributed by atoms with Crippen molar-refractivity contribution >= 4 is 81.6 Å². The summed E-state index contributed by atoms with van der Waals surface area (Å²) in [7, 11) is 3.53. The molecule has 1 rings (SSSR count). The van der Waals surface area contributed by atoms with Crippen molar-refractivity contribution < 1.29 is 38.7 Å². The number of carbonyl (C=O) groups is 7. The number of hydrogen-bond donors (Lipinski definition) is 9. The van der Waals surface area contributed by atoms with Crippen LogP contribution in [-0.4, -0.2) is 117 Å². The molecular formula is C24H41N9O8S3. The number of rotatable bonds is 9. The van der Waals surface area contributed by atoms with E-state index in [-0.39, 0.29) is 31.1 Å². The zero-order chi connectivity index (χ0) is 33.8. The molecule has 0 aromatic carbocycles. The van der Waals surface area contributed by atoms with Gasteiger partial charge in [-0.25, -0.2) is 0 Å². The molecular weight excluding hydrogens is 639 g/mol. The molecule has 0 aliphatic carbocycles. The number of hydrogen-bond acceptors (Lipinski definition) is 11. The van der Waals surface area contributed by atoms with Gasteiger partial charge in [-0.05, 0) is 33.6 Å². The normalized spacial score (nSPS) is 24.5. The van der Waals surface area contributed by atoms with Crippen molar-refractivity contribution in [3.8, 4) is 0 Å². The van der Waals surface area contributed by atoms with E-state index in [1.807, 2.05) is 0 Å². The van der Waals surface area contributed by atoms with Gasteiger partial charge < -0.3 is 48.5 Å². The Morgan fingerprint density at radius 2 is 1.80 bits per heavy atom. The third-order valence-electron chi connectivity index (χ3n) is 6.27. The number of nitrogens with zero attached hydrogens (tertiary/aromatic N) is 2. The van der Waals surface area contributed by atoms with Crippen molar-refractivity contribution in [3.05, 3.63) is 0 Å². The van der Waals surface area contributed by atoms with Crippen LogP contribution >= 0.6 is 34.2 Å². The van der Waals surface area contributed by atoms with Gasteiger partial charge in [-0.2, -0.15) is 12.6 Å². The Labute approximate surface area is 268 Å². The van der Waals surface area contributed by atoms with Crippen LogP contribution in [0.5, 0.6) is 0 Å². The molecule has 1 heterocycles. The van der Waals surface area contributed by atoms with Crippen LogP contribution in [0.2, 0.25) is 0 Å². The van der Waals surface area contributed by atoms with Gasteiger partial charge in [-0.15, -0.1) is 0 Å². The minimum Gasteiger partial charge on any atom is -0.481 e. The van der Waals surface area contributed by atoms with Crippen LogP contribution in [0.3, 0.4) is 0 Å². The second kappa shape index (κ2) is 17.8. The minimum atomic E-state index is -1.61. The van der Waals surface area contributed by atoms with Crippen molar-refractivity contribution in [3.63, 3.8) is 0 Å². The van der Waals surface area contributed by atoms with Crippen LogP contribution in [0.15, 0.2) is 4.99 Å². The highest BCUT2D eigenvalue weighted by Gasteiger charge is 2.39. The number of carboxylic acid groups (broad SMARTS) is 1. The van der Waals surface area contributed by atoms with Crippen LogP contribution in [0, 0.1) is 0 Å². The van der Waals surface area contributed by atoms with Gasteiger partial charge in [0.15, 0.2) is 5.96 Å². The molecule has 1 aliphatic heterocycles. The lowest BCUT2D eigenvalue weighted by Crippen LogP contribution is -2.59. The van der Waals surface area contributed by atoms with Gasteiger partial charge in [0.1, 0.15) is 24.2 Å². The zero-order valence-corrected chi connectivity index (χ0v) is 27.4. The fourth-order valence-corrected chi connectivity index (χ4v) is 6.80. The van der Waals surface area contributed by atoms with Crippen molar-refractivity contribution in [1.82, 2.24) is 26.2 Å². The summed E-state index contributed by atoms with van der Waals surface area (Å²) in [5.41, 5.74) is 16.3. The highest BCUT2D eigenvalue weighted by molar-refractivity contribution is 8.77. The van der Waals surface area contributed by atoms with Crippen LogP contribution < -0.4 is 38.5 Å². The van der Waals surface area contributed by atoms with E-state index in [0.29, 0.717) is 0 Å². The molecule has 17 nitrogen and oxygen atoms in total. The molecule has 5 atom stereocenters. The lowest BCUT2D eigenvalue weighted by Gasteiger charge is -2.33. The molecule has 44 heavy (non-hydrogen) atoms. The lowest BCUT2D eigenvalue weighted by atomic mass is 10.0. The Hall–Kier alpha value is -3.39. The van der Waals surface area contributed by atoms with Crippen molar-refractivity contribution in [2.45, 2.75) is 74.2 Å². The molecule has 6 amide bonds. The average molecular weight is 680 g/mol. The number of carboxylic acids is 1. The van der Waals surface area contributed by atoms with Gasteiger partial charge >= 0.3 is 5.97 Å². The van der Waals surface area contributed by atoms with E-state index >= 15 is 0 Å². The number of thiol groups is 1. The molecule has 0 aromatic heterocycles. The number of nitrogens with one attached hydrogen (secondary N) is 4. The molecule has 0 spiro atoms. The van der Waals surface area contributed by atoms with E-state index in [1.54, 1.807) is 13.8 Å². The van der Waals surface area contributed by atoms with E-state index in [9.17, 15) is 38.7 Å². The van der Waals surface area contributed by atoms with Gasteiger partial charge in [0, 0.05) is 24.1 Å². The second-order valence-corrected chi connectivity index (χ2v) is 14.2. The monoisotopic (exact) mass is 679 g/mol. The summed E-state index contributed by atoms with van der Waals surface area (Å²) in [4.78, 5) is 94.1. The zero-order valence-electron chi connectivity index (χ0n) is 24.8. The number of aliphatic carboxylic acids is 1. The molecule has 1 aliphatic rings. The maximum absolute atomic E-state index is 13.7. The standard InChI is InChI=1S/C24H41N9O8S3/c1-11(42)19(38)31-13-10-43-44-24(2,3)17(18(25)37)32-20(39)12(8-16(35)36)30-15(34)9-29-21(40)14(33(4)22(13)41)6-5-7-28-23(26)27/h11-14,17,42H,5-10H2,1-4H3,(H2,25,37)(H,29,40)(H,30,34)(H,31,38)(H,32,39)(H,35,36)(H4,26,27,28)/t11?,12-,13-,14-,17-/m0/s1. The summed E-state index contributed by atoms with van der Waals surface area (Å²) in [5.74, 6) is -6.36. The quantitative estimate of drug-likeness (QED) is 0.0385. The van der Waals surface area contributed by atoms with Crippen LogP contribution in [0.1, 0.15) is 40.0 Å². The summed E-state index contributed by atoms with van der Waals surface area (Å²) < 4.78 is -1.12. The first-order valence-electron chi connectivity index (χ1n) is 13.4. The maximum Gasteiger partial charge on any atom is 0.305 e. The number of likely N-dealkylation sites (N-methyl/N-ethyl adjacent to an activating group) is 1. The van der Waals surface area contributed by atoms with Crippen molar-refractivity contribution in [2.75, 3.05) is 25.9 Å². The summed E-state index contributed by atoms with van der Waals surface area (Å²) >= 11 is 4.12. The van der Waals surface area contributed by atoms with Crippen molar-refractivity contribution in [1.29, 1.82) is 0 Å². The Morgan fingerprint density at radius 3 is 2.34 bits per heavy atom.